The molecule has 0 aliphatic heterocycles. The molecule has 1 aliphatic carbocycles. The number of thioether (sulfide) groups is 1. The van der Waals surface area contributed by atoms with Crippen molar-refractivity contribution >= 4 is 33.4 Å². The first-order valence-electron chi connectivity index (χ1n) is 6.67. The maximum Gasteiger partial charge on any atom is 0.283 e. The molecule has 1 heterocycles. The summed E-state index contributed by atoms with van der Waals surface area (Å²) in [4.78, 5) is 14.2. The van der Waals surface area contributed by atoms with Crippen molar-refractivity contribution in [2.24, 2.45) is 0 Å². The van der Waals surface area contributed by atoms with Crippen LogP contribution in [-0.4, -0.2) is 52.9 Å². The Morgan fingerprint density at radius 3 is 2.80 bits per heavy atom. The monoisotopic (exact) mass is 360 g/mol. The van der Waals surface area contributed by atoms with Crippen LogP contribution in [0.4, 0.5) is 5.69 Å². The van der Waals surface area contributed by atoms with Gasteiger partial charge < -0.3 is 10.2 Å². The van der Waals surface area contributed by atoms with Crippen molar-refractivity contribution < 1.29 is 0 Å². The average molecular weight is 361 g/mol. The minimum atomic E-state index is -0.0779. The van der Waals surface area contributed by atoms with E-state index >= 15 is 0 Å². The molecule has 0 atom stereocenters. The van der Waals surface area contributed by atoms with E-state index in [1.54, 1.807) is 6.20 Å². The quantitative estimate of drug-likeness (QED) is 0.804. The lowest BCUT2D eigenvalue weighted by Gasteiger charge is -2.16. The van der Waals surface area contributed by atoms with Gasteiger partial charge in [-0.3, -0.25) is 4.79 Å². The summed E-state index contributed by atoms with van der Waals surface area (Å²) >= 11 is 5.29. The number of halogens is 1. The first-order chi connectivity index (χ1) is 9.47. The SMILES string of the molecule is CSC1(CNc2cnn(CCN(C)C)c(=O)c2Br)CC1. The van der Waals surface area contributed by atoms with Crippen LogP contribution in [0.3, 0.4) is 0 Å². The molecule has 1 fully saturated rings. The number of rotatable bonds is 7. The first-order valence-corrected chi connectivity index (χ1v) is 8.68. The molecule has 0 saturated heterocycles. The third kappa shape index (κ3) is 3.77. The largest absolute Gasteiger partial charge is 0.381 e. The zero-order valence-electron chi connectivity index (χ0n) is 12.1. The predicted molar refractivity (Wildman–Crippen MR) is 88.7 cm³/mol. The summed E-state index contributed by atoms with van der Waals surface area (Å²) in [6.45, 7) is 2.27. The second-order valence-corrected chi connectivity index (χ2v) is 7.51. The normalized spacial score (nSPS) is 16.4. The third-order valence-electron chi connectivity index (χ3n) is 3.59. The van der Waals surface area contributed by atoms with Crippen LogP contribution in [0.5, 0.6) is 0 Å². The van der Waals surface area contributed by atoms with Gasteiger partial charge in [-0.05, 0) is 49.1 Å². The van der Waals surface area contributed by atoms with Gasteiger partial charge in [0.2, 0.25) is 0 Å². The van der Waals surface area contributed by atoms with Gasteiger partial charge in [-0.2, -0.15) is 16.9 Å². The van der Waals surface area contributed by atoms with Crippen LogP contribution in [0.2, 0.25) is 0 Å². The molecule has 0 amide bonds. The van der Waals surface area contributed by atoms with Gasteiger partial charge >= 0.3 is 0 Å². The molecule has 1 saturated carbocycles. The highest BCUT2D eigenvalue weighted by Crippen LogP contribution is 2.47. The predicted octanol–water partition coefficient (Wildman–Crippen LogP) is 1.87. The summed E-state index contributed by atoms with van der Waals surface area (Å²) in [5, 5.41) is 7.58. The van der Waals surface area contributed by atoms with Crippen molar-refractivity contribution in [1.82, 2.24) is 14.7 Å². The number of nitrogens with one attached hydrogen (secondary N) is 1. The van der Waals surface area contributed by atoms with E-state index in [1.165, 1.54) is 17.5 Å². The first kappa shape index (κ1) is 15.9. The summed E-state index contributed by atoms with van der Waals surface area (Å²) in [5.74, 6) is 0. The van der Waals surface area contributed by atoms with Crippen molar-refractivity contribution in [3.8, 4) is 0 Å². The number of hydrogen-bond donors (Lipinski definition) is 1. The highest BCUT2D eigenvalue weighted by molar-refractivity contribution is 9.10. The van der Waals surface area contributed by atoms with Gasteiger partial charge in [0, 0.05) is 17.8 Å². The molecule has 2 rings (SSSR count). The Morgan fingerprint density at radius 1 is 1.55 bits per heavy atom. The molecule has 7 heteroatoms. The van der Waals surface area contributed by atoms with Crippen LogP contribution in [0, 0.1) is 0 Å². The molecule has 0 spiro atoms. The molecule has 0 unspecified atom stereocenters. The lowest BCUT2D eigenvalue weighted by Crippen LogP contribution is -2.30. The fourth-order valence-corrected chi connectivity index (χ4v) is 3.07. The second kappa shape index (κ2) is 6.49. The minimum Gasteiger partial charge on any atom is -0.381 e. The van der Waals surface area contributed by atoms with Gasteiger partial charge in [-0.15, -0.1) is 0 Å². The van der Waals surface area contributed by atoms with Gasteiger partial charge in [0.25, 0.3) is 5.56 Å². The van der Waals surface area contributed by atoms with E-state index in [9.17, 15) is 4.79 Å². The Bertz CT molecular complexity index is 528. The van der Waals surface area contributed by atoms with Crippen molar-refractivity contribution in [2.75, 3.05) is 38.8 Å². The summed E-state index contributed by atoms with van der Waals surface area (Å²) in [6.07, 6.45) is 6.36. The van der Waals surface area contributed by atoms with Crippen molar-refractivity contribution in [2.45, 2.75) is 24.1 Å². The maximum absolute atomic E-state index is 12.2. The number of likely N-dealkylation sites (N-methyl/N-ethyl adjacent to an activating group) is 1. The topological polar surface area (TPSA) is 50.2 Å². The Hall–Kier alpha value is -0.530. The van der Waals surface area contributed by atoms with Gasteiger partial charge in [0.15, 0.2) is 0 Å². The van der Waals surface area contributed by atoms with E-state index in [4.69, 9.17) is 0 Å². The lowest BCUT2D eigenvalue weighted by atomic mass is 10.3. The van der Waals surface area contributed by atoms with E-state index in [1.807, 2.05) is 30.8 Å². The second-order valence-electron chi connectivity index (χ2n) is 5.44. The van der Waals surface area contributed by atoms with E-state index in [2.05, 4.69) is 32.6 Å². The molecule has 0 radical (unpaired) electrons. The van der Waals surface area contributed by atoms with Crippen molar-refractivity contribution in [3.05, 3.63) is 21.0 Å². The highest BCUT2D eigenvalue weighted by Gasteiger charge is 2.41. The van der Waals surface area contributed by atoms with Crippen LogP contribution >= 0.6 is 27.7 Å². The zero-order chi connectivity index (χ0) is 14.8. The molecule has 20 heavy (non-hydrogen) atoms. The summed E-state index contributed by atoms with van der Waals surface area (Å²) in [5.41, 5.74) is 0.710. The minimum absolute atomic E-state index is 0.0779. The molecule has 5 nitrogen and oxygen atoms in total. The van der Waals surface area contributed by atoms with Crippen LogP contribution in [0.1, 0.15) is 12.8 Å². The zero-order valence-corrected chi connectivity index (χ0v) is 14.6. The highest BCUT2D eigenvalue weighted by atomic mass is 79.9. The molecule has 1 N–H and O–H groups in total. The average Bonchev–Trinajstić information content (AvgIpc) is 3.20. The molecule has 1 aromatic rings. The molecule has 0 bridgehead atoms. The molecular weight excluding hydrogens is 340 g/mol. The smallest absolute Gasteiger partial charge is 0.283 e. The lowest BCUT2D eigenvalue weighted by molar-refractivity contribution is 0.367. The number of nitrogens with zero attached hydrogens (tertiary/aromatic N) is 3. The Labute approximate surface area is 132 Å². The van der Waals surface area contributed by atoms with E-state index in [0.29, 0.717) is 15.8 Å². The van der Waals surface area contributed by atoms with Crippen molar-refractivity contribution in [1.29, 1.82) is 0 Å². The third-order valence-corrected chi connectivity index (χ3v) is 5.77. The van der Waals surface area contributed by atoms with Crippen LogP contribution in [0.15, 0.2) is 15.5 Å². The van der Waals surface area contributed by atoms with Crippen LogP contribution in [0.25, 0.3) is 0 Å². The summed E-state index contributed by atoms with van der Waals surface area (Å²) in [7, 11) is 3.96. The molecule has 112 valence electrons. The fraction of sp³-hybridized carbons (Fsp3) is 0.692. The van der Waals surface area contributed by atoms with Crippen LogP contribution < -0.4 is 10.9 Å². The maximum atomic E-state index is 12.2. The van der Waals surface area contributed by atoms with E-state index in [0.717, 1.165) is 18.8 Å². The van der Waals surface area contributed by atoms with Gasteiger partial charge in [0.1, 0.15) is 4.47 Å². The van der Waals surface area contributed by atoms with Gasteiger partial charge in [-0.25, -0.2) is 4.68 Å². The Morgan fingerprint density at radius 2 is 2.25 bits per heavy atom. The van der Waals surface area contributed by atoms with Crippen LogP contribution in [-0.2, 0) is 6.54 Å². The standard InChI is InChI=1S/C13H21BrN4OS/c1-17(2)6-7-18-12(19)11(14)10(8-16-18)15-9-13(20-3)4-5-13/h8,15H,4-7,9H2,1-3H3. The molecule has 1 aromatic heterocycles. The van der Waals surface area contributed by atoms with E-state index in [-0.39, 0.29) is 5.56 Å². The number of aromatic nitrogens is 2. The molecular formula is C13H21BrN4OS. The summed E-state index contributed by atoms with van der Waals surface area (Å²) < 4.78 is 2.43. The van der Waals surface area contributed by atoms with Gasteiger partial charge in [-0.1, -0.05) is 0 Å². The number of anilines is 1. The number of hydrogen-bond acceptors (Lipinski definition) is 5. The van der Waals surface area contributed by atoms with Gasteiger partial charge in [0.05, 0.1) is 18.4 Å². The Kier molecular flexibility index (Phi) is 5.14. The van der Waals surface area contributed by atoms with E-state index < -0.39 is 0 Å². The molecule has 1 aliphatic rings. The van der Waals surface area contributed by atoms with Crippen molar-refractivity contribution in [3.63, 3.8) is 0 Å². The Balaban J connectivity index is 2.04. The fourth-order valence-electron chi connectivity index (χ4n) is 1.89. The summed E-state index contributed by atoms with van der Waals surface area (Å²) in [6, 6.07) is 0. The molecule has 0 aromatic carbocycles.